The Labute approximate surface area is 205 Å². The molecule has 0 saturated carbocycles. The normalized spacial score (nSPS) is 10.2. The van der Waals surface area contributed by atoms with Crippen LogP contribution in [0.5, 0.6) is 11.5 Å². The molecule has 2 amide bonds. The number of carbonyl (C=O) groups is 2. The highest BCUT2D eigenvalue weighted by Crippen LogP contribution is 2.25. The van der Waals surface area contributed by atoms with Crippen LogP contribution in [0.3, 0.4) is 0 Å². The maximum atomic E-state index is 12.8. The summed E-state index contributed by atoms with van der Waals surface area (Å²) in [6, 6.07) is 18.9. The SMILES string of the molecule is CCOc1ccc(NC(=O)c2ccccc2NC(=S)NC(=O)c2ccc(OC)c(Br)c2)cc1. The molecule has 33 heavy (non-hydrogen) atoms. The van der Waals surface area contributed by atoms with E-state index in [1.165, 1.54) is 0 Å². The number of thiocarbonyl (C=S) groups is 1. The largest absolute Gasteiger partial charge is 0.496 e. The minimum Gasteiger partial charge on any atom is -0.496 e. The van der Waals surface area contributed by atoms with Crippen LogP contribution in [0.2, 0.25) is 0 Å². The molecule has 0 unspecified atom stereocenters. The van der Waals surface area contributed by atoms with Crippen molar-refractivity contribution < 1.29 is 19.1 Å². The molecule has 0 bridgehead atoms. The zero-order valence-electron chi connectivity index (χ0n) is 18.0. The summed E-state index contributed by atoms with van der Waals surface area (Å²) >= 11 is 8.64. The van der Waals surface area contributed by atoms with E-state index >= 15 is 0 Å². The molecule has 3 aromatic carbocycles. The molecule has 0 atom stereocenters. The molecule has 0 heterocycles. The van der Waals surface area contributed by atoms with Crippen molar-refractivity contribution in [2.45, 2.75) is 6.92 Å². The van der Waals surface area contributed by atoms with Gasteiger partial charge in [-0.25, -0.2) is 0 Å². The van der Waals surface area contributed by atoms with Crippen molar-refractivity contribution in [2.24, 2.45) is 0 Å². The second-order valence-electron chi connectivity index (χ2n) is 6.71. The number of benzene rings is 3. The number of methoxy groups -OCH3 is 1. The van der Waals surface area contributed by atoms with Gasteiger partial charge in [0.15, 0.2) is 5.11 Å². The smallest absolute Gasteiger partial charge is 0.257 e. The van der Waals surface area contributed by atoms with Gasteiger partial charge < -0.3 is 20.1 Å². The molecule has 3 aromatic rings. The fraction of sp³-hybridized carbons (Fsp3) is 0.125. The molecule has 170 valence electrons. The van der Waals surface area contributed by atoms with E-state index in [9.17, 15) is 9.59 Å². The van der Waals surface area contributed by atoms with E-state index in [2.05, 4.69) is 31.9 Å². The quantitative estimate of drug-likeness (QED) is 0.364. The molecule has 3 rings (SSSR count). The van der Waals surface area contributed by atoms with Crippen LogP contribution in [-0.4, -0.2) is 30.6 Å². The maximum absolute atomic E-state index is 12.8. The Kier molecular flexibility index (Phi) is 8.39. The summed E-state index contributed by atoms with van der Waals surface area (Å²) in [7, 11) is 1.54. The van der Waals surface area contributed by atoms with Gasteiger partial charge in [0.25, 0.3) is 11.8 Å². The predicted octanol–water partition coefficient (Wildman–Crippen LogP) is 5.24. The van der Waals surface area contributed by atoms with Gasteiger partial charge in [-0.05, 0) is 89.7 Å². The summed E-state index contributed by atoms with van der Waals surface area (Å²) in [6.07, 6.45) is 0. The Morgan fingerprint density at radius 2 is 1.70 bits per heavy atom. The zero-order valence-corrected chi connectivity index (χ0v) is 20.4. The van der Waals surface area contributed by atoms with E-state index in [1.807, 2.05) is 6.92 Å². The fourth-order valence-electron chi connectivity index (χ4n) is 2.93. The molecular formula is C24H22BrN3O4S. The van der Waals surface area contributed by atoms with Crippen molar-refractivity contribution in [2.75, 3.05) is 24.4 Å². The summed E-state index contributed by atoms with van der Waals surface area (Å²) in [5.41, 5.74) is 1.85. The Balaban J connectivity index is 1.66. The molecule has 0 fully saturated rings. The molecular weight excluding hydrogens is 506 g/mol. The highest BCUT2D eigenvalue weighted by molar-refractivity contribution is 9.10. The molecule has 0 spiro atoms. The van der Waals surface area contributed by atoms with Gasteiger partial charge in [-0.2, -0.15) is 0 Å². The summed E-state index contributed by atoms with van der Waals surface area (Å²) in [5.74, 6) is 0.616. The number of anilines is 2. The van der Waals surface area contributed by atoms with E-state index in [0.29, 0.717) is 39.3 Å². The van der Waals surface area contributed by atoms with Crippen molar-refractivity contribution in [3.05, 3.63) is 82.3 Å². The average Bonchev–Trinajstić information content (AvgIpc) is 2.80. The molecule has 0 aliphatic carbocycles. The van der Waals surface area contributed by atoms with E-state index in [4.69, 9.17) is 21.7 Å². The van der Waals surface area contributed by atoms with Gasteiger partial charge in [-0.1, -0.05) is 12.1 Å². The third-order valence-electron chi connectivity index (χ3n) is 4.48. The third-order valence-corrected chi connectivity index (χ3v) is 5.31. The Morgan fingerprint density at radius 3 is 2.36 bits per heavy atom. The first-order chi connectivity index (χ1) is 15.9. The number of amides is 2. The third kappa shape index (κ3) is 6.53. The molecule has 0 aliphatic heterocycles. The number of halogens is 1. The van der Waals surface area contributed by atoms with Gasteiger partial charge in [0.1, 0.15) is 11.5 Å². The summed E-state index contributed by atoms with van der Waals surface area (Å²) in [6.45, 7) is 2.47. The van der Waals surface area contributed by atoms with Crippen molar-refractivity contribution in [3.8, 4) is 11.5 Å². The lowest BCUT2D eigenvalue weighted by Crippen LogP contribution is -2.34. The molecule has 3 N–H and O–H groups in total. The number of nitrogens with one attached hydrogen (secondary N) is 3. The Morgan fingerprint density at radius 1 is 0.970 bits per heavy atom. The van der Waals surface area contributed by atoms with Crippen LogP contribution in [0.1, 0.15) is 27.6 Å². The topological polar surface area (TPSA) is 88.7 Å². The van der Waals surface area contributed by atoms with Crippen LogP contribution in [0.15, 0.2) is 71.2 Å². The van der Waals surface area contributed by atoms with Crippen LogP contribution < -0.4 is 25.4 Å². The van der Waals surface area contributed by atoms with E-state index in [1.54, 1.807) is 73.8 Å². The summed E-state index contributed by atoms with van der Waals surface area (Å²) < 4.78 is 11.2. The molecule has 0 saturated heterocycles. The molecule has 0 aliphatic rings. The molecule has 9 heteroatoms. The highest BCUT2D eigenvalue weighted by atomic mass is 79.9. The van der Waals surface area contributed by atoms with Gasteiger partial charge in [-0.3, -0.25) is 14.9 Å². The average molecular weight is 528 g/mol. The van der Waals surface area contributed by atoms with Crippen molar-refractivity contribution >= 4 is 56.4 Å². The summed E-state index contributed by atoms with van der Waals surface area (Å²) in [5, 5.41) is 8.45. The number of para-hydroxylation sites is 1. The number of hydrogen-bond acceptors (Lipinski definition) is 5. The number of carbonyl (C=O) groups excluding carboxylic acids is 2. The minimum atomic E-state index is -0.396. The number of hydrogen-bond donors (Lipinski definition) is 3. The van der Waals surface area contributed by atoms with Crippen molar-refractivity contribution in [1.82, 2.24) is 5.32 Å². The van der Waals surface area contributed by atoms with Gasteiger partial charge in [0.2, 0.25) is 0 Å². The lowest BCUT2D eigenvalue weighted by atomic mass is 10.1. The van der Waals surface area contributed by atoms with Gasteiger partial charge in [-0.15, -0.1) is 0 Å². The first-order valence-corrected chi connectivity index (χ1v) is 11.2. The first-order valence-electron chi connectivity index (χ1n) is 10.0. The van der Waals surface area contributed by atoms with Crippen LogP contribution in [0.4, 0.5) is 11.4 Å². The number of rotatable bonds is 7. The number of ether oxygens (including phenoxy) is 2. The predicted molar refractivity (Wildman–Crippen MR) is 136 cm³/mol. The van der Waals surface area contributed by atoms with Crippen LogP contribution in [0.25, 0.3) is 0 Å². The standard InChI is InChI=1S/C24H22BrN3O4S/c1-3-32-17-11-9-16(10-12-17)26-23(30)18-6-4-5-7-20(18)27-24(33)28-22(29)15-8-13-21(31-2)19(25)14-15/h4-14H,3H2,1-2H3,(H,26,30)(H2,27,28,29,33). The lowest BCUT2D eigenvalue weighted by Gasteiger charge is -2.14. The minimum absolute atomic E-state index is 0.0632. The second kappa shape index (κ2) is 11.4. The highest BCUT2D eigenvalue weighted by Gasteiger charge is 2.15. The molecule has 0 aromatic heterocycles. The van der Waals surface area contributed by atoms with E-state index < -0.39 is 5.91 Å². The lowest BCUT2D eigenvalue weighted by molar-refractivity contribution is 0.0976. The van der Waals surface area contributed by atoms with Crippen molar-refractivity contribution in [1.29, 1.82) is 0 Å². The molecule has 7 nitrogen and oxygen atoms in total. The summed E-state index contributed by atoms with van der Waals surface area (Å²) in [4.78, 5) is 25.4. The fourth-order valence-corrected chi connectivity index (χ4v) is 3.67. The van der Waals surface area contributed by atoms with Gasteiger partial charge >= 0.3 is 0 Å². The second-order valence-corrected chi connectivity index (χ2v) is 7.98. The van der Waals surface area contributed by atoms with E-state index in [-0.39, 0.29) is 11.0 Å². The monoisotopic (exact) mass is 527 g/mol. The Hall–Kier alpha value is -3.43. The molecule has 0 radical (unpaired) electrons. The first kappa shape index (κ1) is 24.2. The Bertz CT molecular complexity index is 1170. The van der Waals surface area contributed by atoms with Crippen LogP contribution >= 0.6 is 28.1 Å². The van der Waals surface area contributed by atoms with E-state index in [0.717, 1.165) is 5.75 Å². The zero-order chi connectivity index (χ0) is 23.8. The van der Waals surface area contributed by atoms with Gasteiger partial charge in [0, 0.05) is 11.3 Å². The maximum Gasteiger partial charge on any atom is 0.257 e. The van der Waals surface area contributed by atoms with Crippen molar-refractivity contribution in [3.63, 3.8) is 0 Å². The van der Waals surface area contributed by atoms with Crippen LogP contribution in [0, 0.1) is 0 Å². The van der Waals surface area contributed by atoms with Gasteiger partial charge in [0.05, 0.1) is 29.4 Å². The van der Waals surface area contributed by atoms with Crippen LogP contribution in [-0.2, 0) is 0 Å².